The zero-order valence-electron chi connectivity index (χ0n) is 14.5. The van der Waals surface area contributed by atoms with E-state index >= 15 is 0 Å². The summed E-state index contributed by atoms with van der Waals surface area (Å²) in [6.45, 7) is 2.78. The number of rotatable bonds is 5. The van der Waals surface area contributed by atoms with E-state index in [4.69, 9.17) is 23.2 Å². The number of benzene rings is 2. The molecule has 2 rings (SSSR count). The van der Waals surface area contributed by atoms with Crippen LogP contribution in [0.3, 0.4) is 0 Å². The highest BCUT2D eigenvalue weighted by atomic mass is 35.5. The van der Waals surface area contributed by atoms with Crippen LogP contribution < -0.4 is 0 Å². The predicted octanol–water partition coefficient (Wildman–Crippen LogP) is 6.04. The maximum atomic E-state index is 13.8. The summed E-state index contributed by atoms with van der Waals surface area (Å²) in [5.41, 5.74) is -4.47. The molecule has 0 radical (unpaired) electrons. The van der Waals surface area contributed by atoms with Gasteiger partial charge < -0.3 is 10.2 Å². The molecule has 0 aromatic heterocycles. The Morgan fingerprint density at radius 3 is 2.04 bits per heavy atom. The molecule has 0 aliphatic carbocycles. The fourth-order valence-electron chi connectivity index (χ4n) is 3.19. The minimum absolute atomic E-state index is 0.0331. The van der Waals surface area contributed by atoms with Gasteiger partial charge in [-0.15, -0.1) is 0 Å². The van der Waals surface area contributed by atoms with E-state index in [-0.39, 0.29) is 26.9 Å². The molecule has 1 atom stereocenters. The first-order valence-electron chi connectivity index (χ1n) is 7.97. The predicted molar refractivity (Wildman–Crippen MR) is 96.9 cm³/mol. The summed E-state index contributed by atoms with van der Waals surface area (Å²) < 4.78 is 54.8. The van der Waals surface area contributed by atoms with Crippen LogP contribution in [0.5, 0.6) is 5.75 Å². The van der Waals surface area contributed by atoms with E-state index in [1.54, 1.807) is 0 Å². The minimum Gasteiger partial charge on any atom is -0.508 e. The number of phenolic OH excluding ortho intramolecular Hbond substituents is 1. The van der Waals surface area contributed by atoms with Crippen LogP contribution in [-0.2, 0) is 11.8 Å². The lowest BCUT2D eigenvalue weighted by atomic mass is 9.72. The van der Waals surface area contributed by atoms with Gasteiger partial charge in [-0.25, -0.2) is 4.39 Å². The molecule has 2 nitrogen and oxygen atoms in total. The number of hydrogen-bond donors (Lipinski definition) is 2. The SMILES string of the molecule is CC(C)(CC(O)(Cc1cc(Cl)cc(Cl)c1)C(F)(F)F)c1cc(F)ccc1O. The number of alkyl halides is 3. The molecule has 0 spiro atoms. The molecule has 0 saturated heterocycles. The molecule has 0 heterocycles. The number of aliphatic hydroxyl groups is 1. The third kappa shape index (κ3) is 5.06. The molecule has 0 bridgehead atoms. The average Bonchev–Trinajstić information content (AvgIpc) is 2.46. The minimum atomic E-state index is -4.98. The van der Waals surface area contributed by atoms with Gasteiger partial charge in [0.15, 0.2) is 5.60 Å². The van der Waals surface area contributed by atoms with E-state index in [0.29, 0.717) is 0 Å². The lowest BCUT2D eigenvalue weighted by molar-refractivity contribution is -0.266. The molecule has 2 aromatic carbocycles. The zero-order valence-corrected chi connectivity index (χ0v) is 16.1. The first-order chi connectivity index (χ1) is 12.2. The number of halogens is 6. The summed E-state index contributed by atoms with van der Waals surface area (Å²) >= 11 is 11.7. The van der Waals surface area contributed by atoms with Crippen molar-refractivity contribution >= 4 is 23.2 Å². The fraction of sp³-hybridized carbons (Fsp3) is 0.368. The molecular formula is C19H18Cl2F4O2. The van der Waals surface area contributed by atoms with Gasteiger partial charge >= 0.3 is 6.18 Å². The molecule has 0 amide bonds. The van der Waals surface area contributed by atoms with Gasteiger partial charge in [0.2, 0.25) is 0 Å². The Hall–Kier alpha value is -1.50. The van der Waals surface area contributed by atoms with E-state index in [0.717, 1.165) is 18.2 Å². The van der Waals surface area contributed by atoms with Crippen molar-refractivity contribution in [3.63, 3.8) is 0 Å². The second-order valence-electron chi connectivity index (χ2n) is 7.21. The monoisotopic (exact) mass is 424 g/mol. The number of phenols is 1. The average molecular weight is 425 g/mol. The van der Waals surface area contributed by atoms with Gasteiger partial charge in [0.25, 0.3) is 0 Å². The summed E-state index contributed by atoms with van der Waals surface area (Å²) in [4.78, 5) is 0. The van der Waals surface area contributed by atoms with Crippen LogP contribution in [0.15, 0.2) is 36.4 Å². The van der Waals surface area contributed by atoms with Crippen molar-refractivity contribution in [3.8, 4) is 5.75 Å². The molecule has 2 N–H and O–H groups in total. The van der Waals surface area contributed by atoms with E-state index in [1.165, 1.54) is 32.0 Å². The van der Waals surface area contributed by atoms with Gasteiger partial charge in [-0.2, -0.15) is 13.2 Å². The first-order valence-corrected chi connectivity index (χ1v) is 8.72. The highest BCUT2D eigenvalue weighted by Gasteiger charge is 2.56. The van der Waals surface area contributed by atoms with Gasteiger partial charge in [0, 0.05) is 22.0 Å². The van der Waals surface area contributed by atoms with Gasteiger partial charge in [-0.05, 0) is 53.8 Å². The molecule has 0 fully saturated rings. The summed E-state index contributed by atoms with van der Waals surface area (Å²) in [6.07, 6.45) is -6.59. The summed E-state index contributed by atoms with van der Waals surface area (Å²) in [6, 6.07) is 6.97. The maximum Gasteiger partial charge on any atom is 0.417 e. The Balaban J connectivity index is 2.45. The van der Waals surface area contributed by atoms with E-state index in [9.17, 15) is 27.8 Å². The van der Waals surface area contributed by atoms with Crippen molar-refractivity contribution in [1.82, 2.24) is 0 Å². The van der Waals surface area contributed by atoms with Crippen LogP contribution >= 0.6 is 23.2 Å². The topological polar surface area (TPSA) is 40.5 Å². The first kappa shape index (κ1) is 21.8. The van der Waals surface area contributed by atoms with Crippen molar-refractivity contribution < 1.29 is 27.8 Å². The van der Waals surface area contributed by atoms with Crippen LogP contribution in [0.25, 0.3) is 0 Å². The van der Waals surface area contributed by atoms with E-state index in [1.807, 2.05) is 0 Å². The van der Waals surface area contributed by atoms with Crippen molar-refractivity contribution in [2.24, 2.45) is 0 Å². The second-order valence-corrected chi connectivity index (χ2v) is 8.08. The molecule has 0 saturated carbocycles. The van der Waals surface area contributed by atoms with Crippen molar-refractivity contribution in [1.29, 1.82) is 0 Å². The number of aromatic hydroxyl groups is 1. The van der Waals surface area contributed by atoms with Crippen molar-refractivity contribution in [2.75, 3.05) is 0 Å². The van der Waals surface area contributed by atoms with Gasteiger partial charge in [-0.1, -0.05) is 37.0 Å². The third-order valence-electron chi connectivity index (χ3n) is 4.37. The largest absolute Gasteiger partial charge is 0.508 e. The molecule has 0 aliphatic rings. The molecular weight excluding hydrogens is 407 g/mol. The molecule has 148 valence electrons. The standard InChI is InChI=1S/C19H18Cl2F4O2/c1-17(2,15-8-14(22)3-4-16(15)26)10-18(27,19(23,24)25)9-11-5-12(20)7-13(21)6-11/h3-8,26-27H,9-10H2,1-2H3. The summed E-state index contributed by atoms with van der Waals surface area (Å²) in [7, 11) is 0. The second kappa shape index (κ2) is 7.49. The molecule has 2 aromatic rings. The normalized spacial score (nSPS) is 14.9. The molecule has 27 heavy (non-hydrogen) atoms. The lowest BCUT2D eigenvalue weighted by Crippen LogP contribution is -2.50. The Labute approximate surface area is 164 Å². The number of hydrogen-bond acceptors (Lipinski definition) is 2. The van der Waals surface area contributed by atoms with Gasteiger partial charge in [-0.3, -0.25) is 0 Å². The highest BCUT2D eigenvalue weighted by molar-refractivity contribution is 6.34. The van der Waals surface area contributed by atoms with Crippen LogP contribution in [0, 0.1) is 5.82 Å². The molecule has 1 unspecified atom stereocenters. The lowest BCUT2D eigenvalue weighted by Gasteiger charge is -2.38. The maximum absolute atomic E-state index is 13.8. The molecule has 8 heteroatoms. The third-order valence-corrected chi connectivity index (χ3v) is 4.81. The quantitative estimate of drug-likeness (QED) is 0.574. The van der Waals surface area contributed by atoms with E-state index in [2.05, 4.69) is 0 Å². The van der Waals surface area contributed by atoms with Gasteiger partial charge in [0.1, 0.15) is 11.6 Å². The van der Waals surface area contributed by atoms with Crippen LogP contribution in [0.4, 0.5) is 17.6 Å². The van der Waals surface area contributed by atoms with Crippen LogP contribution in [0.1, 0.15) is 31.4 Å². The Morgan fingerprint density at radius 2 is 1.52 bits per heavy atom. The summed E-state index contributed by atoms with van der Waals surface area (Å²) in [5.74, 6) is -1.05. The Bertz CT molecular complexity index is 817. The molecule has 0 aliphatic heterocycles. The fourth-order valence-corrected chi connectivity index (χ4v) is 3.76. The smallest absolute Gasteiger partial charge is 0.417 e. The van der Waals surface area contributed by atoms with Crippen LogP contribution in [0.2, 0.25) is 10.0 Å². The van der Waals surface area contributed by atoms with Crippen LogP contribution in [-0.4, -0.2) is 22.0 Å². The van der Waals surface area contributed by atoms with E-state index < -0.39 is 35.9 Å². The van der Waals surface area contributed by atoms with Gasteiger partial charge in [0.05, 0.1) is 0 Å². The van der Waals surface area contributed by atoms with Crippen molar-refractivity contribution in [3.05, 3.63) is 63.4 Å². The summed E-state index contributed by atoms with van der Waals surface area (Å²) in [5, 5.41) is 20.8. The van der Waals surface area contributed by atoms with Crippen molar-refractivity contribution in [2.45, 2.75) is 43.9 Å². The highest BCUT2D eigenvalue weighted by Crippen LogP contribution is 2.45. The zero-order chi connectivity index (χ0) is 20.6. The Morgan fingerprint density at radius 1 is 0.963 bits per heavy atom. The Kier molecular flexibility index (Phi) is 6.05.